The Hall–Kier alpha value is -2.15. The first-order valence-corrected chi connectivity index (χ1v) is 7.07. The Bertz CT molecular complexity index is 622. The quantitative estimate of drug-likeness (QED) is 0.624. The Kier molecular flexibility index (Phi) is 4.74. The number of nitro groups is 1. The summed E-state index contributed by atoms with van der Waals surface area (Å²) in [5, 5.41) is 13.9. The maximum absolute atomic E-state index is 10.7. The number of nitrogens with one attached hydrogen (secondary N) is 1. The lowest BCUT2D eigenvalue weighted by Crippen LogP contribution is -2.34. The smallest absolute Gasteiger partial charge is 0.295 e. The van der Waals surface area contributed by atoms with Crippen LogP contribution in [-0.2, 0) is 0 Å². The van der Waals surface area contributed by atoms with Crippen LogP contribution in [0, 0.1) is 10.1 Å². The van der Waals surface area contributed by atoms with Crippen molar-refractivity contribution in [3.8, 4) is 0 Å². The minimum absolute atomic E-state index is 0.0125. The number of fused-ring (bicyclic) bond motifs is 1. The third-order valence-corrected chi connectivity index (χ3v) is 3.38. The Balaban J connectivity index is 2.10. The third-order valence-electron chi connectivity index (χ3n) is 3.38. The molecule has 1 unspecified atom stereocenters. The number of nitro benzene ring substituents is 1. The van der Waals surface area contributed by atoms with Gasteiger partial charge in [0.15, 0.2) is 5.58 Å². The fourth-order valence-electron chi connectivity index (χ4n) is 2.22. The predicted molar refractivity (Wildman–Crippen MR) is 81.5 cm³/mol. The number of hydrogen-bond acceptors (Lipinski definition) is 6. The van der Waals surface area contributed by atoms with Crippen LogP contribution in [0.5, 0.6) is 0 Å². The maximum atomic E-state index is 10.7. The average Bonchev–Trinajstić information content (AvgIpc) is 2.85. The van der Waals surface area contributed by atoms with Crippen LogP contribution in [0.1, 0.15) is 20.8 Å². The number of benzene rings is 1. The monoisotopic (exact) mass is 292 g/mol. The highest BCUT2D eigenvalue weighted by atomic mass is 16.6. The van der Waals surface area contributed by atoms with Crippen molar-refractivity contribution in [2.45, 2.75) is 26.8 Å². The number of aromatic nitrogens is 1. The van der Waals surface area contributed by atoms with Gasteiger partial charge in [0.1, 0.15) is 5.52 Å². The van der Waals surface area contributed by atoms with Gasteiger partial charge in [0.2, 0.25) is 0 Å². The topological polar surface area (TPSA) is 84.4 Å². The van der Waals surface area contributed by atoms with E-state index < -0.39 is 4.92 Å². The molecule has 2 aromatic rings. The highest BCUT2D eigenvalue weighted by Crippen LogP contribution is 2.23. The van der Waals surface area contributed by atoms with Gasteiger partial charge in [-0.25, -0.2) is 0 Å². The van der Waals surface area contributed by atoms with E-state index in [0.29, 0.717) is 17.1 Å². The van der Waals surface area contributed by atoms with E-state index in [0.717, 1.165) is 19.6 Å². The van der Waals surface area contributed by atoms with Crippen LogP contribution in [0.4, 0.5) is 11.7 Å². The molecule has 1 aromatic carbocycles. The third kappa shape index (κ3) is 3.69. The molecule has 0 amide bonds. The Morgan fingerprint density at radius 2 is 2.14 bits per heavy atom. The molecule has 7 heteroatoms. The summed E-state index contributed by atoms with van der Waals surface area (Å²) in [4.78, 5) is 16.9. The van der Waals surface area contributed by atoms with E-state index >= 15 is 0 Å². The van der Waals surface area contributed by atoms with Gasteiger partial charge in [0.25, 0.3) is 11.7 Å². The molecular formula is C14H20N4O3. The average molecular weight is 292 g/mol. The van der Waals surface area contributed by atoms with Crippen molar-refractivity contribution in [2.75, 3.05) is 25.0 Å². The fourth-order valence-corrected chi connectivity index (χ4v) is 2.22. The zero-order valence-corrected chi connectivity index (χ0v) is 12.5. The summed E-state index contributed by atoms with van der Waals surface area (Å²) in [5.74, 6) is 0. The van der Waals surface area contributed by atoms with Crippen LogP contribution in [0.15, 0.2) is 22.6 Å². The lowest BCUT2D eigenvalue weighted by molar-refractivity contribution is -0.384. The molecule has 114 valence electrons. The molecule has 0 spiro atoms. The fraction of sp³-hybridized carbons (Fsp3) is 0.500. The molecule has 0 radical (unpaired) electrons. The summed E-state index contributed by atoms with van der Waals surface area (Å²) < 4.78 is 5.56. The van der Waals surface area contributed by atoms with Crippen molar-refractivity contribution in [1.82, 2.24) is 9.88 Å². The number of anilines is 1. The molecule has 1 atom stereocenters. The molecule has 0 fully saturated rings. The second-order valence-corrected chi connectivity index (χ2v) is 4.96. The highest BCUT2D eigenvalue weighted by Gasteiger charge is 2.14. The van der Waals surface area contributed by atoms with Crippen LogP contribution in [0.25, 0.3) is 11.1 Å². The highest BCUT2D eigenvalue weighted by molar-refractivity contribution is 5.77. The van der Waals surface area contributed by atoms with E-state index in [1.165, 1.54) is 12.1 Å². The van der Waals surface area contributed by atoms with E-state index in [2.05, 4.69) is 36.0 Å². The molecule has 1 N–H and O–H groups in total. The van der Waals surface area contributed by atoms with Gasteiger partial charge < -0.3 is 14.6 Å². The zero-order valence-electron chi connectivity index (χ0n) is 12.5. The van der Waals surface area contributed by atoms with Crippen LogP contribution < -0.4 is 5.32 Å². The standard InChI is InChI=1S/C14H20N4O3/c1-4-17(5-2)9-10(3)15-14-16-12-8-11(18(19)20)6-7-13(12)21-14/h6-8,10H,4-5,9H2,1-3H3,(H,15,16). The number of oxazole rings is 1. The normalized spacial score (nSPS) is 12.8. The molecule has 2 rings (SSSR count). The molecule has 0 aliphatic rings. The van der Waals surface area contributed by atoms with Crippen molar-refractivity contribution in [2.24, 2.45) is 0 Å². The summed E-state index contributed by atoms with van der Waals surface area (Å²) in [6, 6.07) is 4.97. The molecule has 21 heavy (non-hydrogen) atoms. The molecule has 0 saturated heterocycles. The summed E-state index contributed by atoms with van der Waals surface area (Å²) in [6.45, 7) is 9.15. The number of hydrogen-bond donors (Lipinski definition) is 1. The van der Waals surface area contributed by atoms with E-state index in [1.807, 2.05) is 0 Å². The maximum Gasteiger partial charge on any atom is 0.295 e. The van der Waals surface area contributed by atoms with E-state index in [1.54, 1.807) is 6.07 Å². The summed E-state index contributed by atoms with van der Waals surface area (Å²) in [5.41, 5.74) is 1.04. The SMILES string of the molecule is CCN(CC)CC(C)Nc1nc2cc([N+](=O)[O-])ccc2o1. The van der Waals surface area contributed by atoms with Gasteiger partial charge in [0, 0.05) is 24.7 Å². The molecule has 0 saturated carbocycles. The number of nitrogens with zero attached hydrogens (tertiary/aromatic N) is 3. The van der Waals surface area contributed by atoms with E-state index in [-0.39, 0.29) is 11.7 Å². The Morgan fingerprint density at radius 1 is 1.43 bits per heavy atom. The van der Waals surface area contributed by atoms with Crippen molar-refractivity contribution in [3.05, 3.63) is 28.3 Å². The molecule has 0 bridgehead atoms. The molecule has 0 aliphatic heterocycles. The largest absolute Gasteiger partial charge is 0.424 e. The van der Waals surface area contributed by atoms with Crippen molar-refractivity contribution >= 4 is 22.8 Å². The molecule has 0 aliphatic carbocycles. The van der Waals surface area contributed by atoms with Crippen molar-refractivity contribution in [1.29, 1.82) is 0 Å². The first-order chi connectivity index (χ1) is 10.0. The second kappa shape index (κ2) is 6.53. The molecule has 1 heterocycles. The molecular weight excluding hydrogens is 272 g/mol. The van der Waals surface area contributed by atoms with Gasteiger partial charge in [-0.2, -0.15) is 4.98 Å². The van der Waals surface area contributed by atoms with Crippen LogP contribution in [0.3, 0.4) is 0 Å². The van der Waals surface area contributed by atoms with Gasteiger partial charge >= 0.3 is 0 Å². The van der Waals surface area contributed by atoms with Crippen molar-refractivity contribution < 1.29 is 9.34 Å². The number of rotatable bonds is 7. The van der Waals surface area contributed by atoms with Crippen LogP contribution >= 0.6 is 0 Å². The zero-order chi connectivity index (χ0) is 15.4. The first kappa shape index (κ1) is 15.2. The Morgan fingerprint density at radius 3 is 2.76 bits per heavy atom. The minimum atomic E-state index is -0.440. The second-order valence-electron chi connectivity index (χ2n) is 4.96. The van der Waals surface area contributed by atoms with E-state index in [9.17, 15) is 10.1 Å². The van der Waals surface area contributed by atoms with Gasteiger partial charge in [-0.15, -0.1) is 0 Å². The first-order valence-electron chi connectivity index (χ1n) is 7.07. The van der Waals surface area contributed by atoms with Crippen molar-refractivity contribution in [3.63, 3.8) is 0 Å². The molecule has 7 nitrogen and oxygen atoms in total. The van der Waals surface area contributed by atoms with Gasteiger partial charge in [0.05, 0.1) is 4.92 Å². The molecule has 1 aromatic heterocycles. The Labute approximate surface area is 123 Å². The van der Waals surface area contributed by atoms with E-state index in [4.69, 9.17) is 4.42 Å². The number of likely N-dealkylation sites (N-methyl/N-ethyl adjacent to an activating group) is 1. The summed E-state index contributed by atoms with van der Waals surface area (Å²) in [7, 11) is 0. The summed E-state index contributed by atoms with van der Waals surface area (Å²) in [6.07, 6.45) is 0. The lowest BCUT2D eigenvalue weighted by atomic mass is 10.3. The van der Waals surface area contributed by atoms with Crippen LogP contribution in [-0.4, -0.2) is 40.5 Å². The van der Waals surface area contributed by atoms with Gasteiger partial charge in [-0.3, -0.25) is 10.1 Å². The van der Waals surface area contributed by atoms with Gasteiger partial charge in [-0.05, 0) is 26.1 Å². The summed E-state index contributed by atoms with van der Waals surface area (Å²) >= 11 is 0. The number of non-ortho nitro benzene ring substituents is 1. The predicted octanol–water partition coefficient (Wildman–Crippen LogP) is 2.88. The lowest BCUT2D eigenvalue weighted by Gasteiger charge is -2.22. The van der Waals surface area contributed by atoms with Crippen LogP contribution in [0.2, 0.25) is 0 Å². The van der Waals surface area contributed by atoms with Gasteiger partial charge in [-0.1, -0.05) is 13.8 Å². The minimum Gasteiger partial charge on any atom is -0.424 e.